The van der Waals surface area contributed by atoms with Crippen molar-refractivity contribution in [1.29, 1.82) is 0 Å². The van der Waals surface area contributed by atoms with Crippen molar-refractivity contribution >= 4 is 5.91 Å². The normalized spacial score (nSPS) is 31.0. The summed E-state index contributed by atoms with van der Waals surface area (Å²) < 4.78 is 5.34. The Bertz CT molecular complexity index is 208. The van der Waals surface area contributed by atoms with Crippen LogP contribution in [0.2, 0.25) is 0 Å². The number of ether oxygens (including phenoxy) is 1. The van der Waals surface area contributed by atoms with Gasteiger partial charge in [0, 0.05) is 18.6 Å². The highest BCUT2D eigenvalue weighted by Gasteiger charge is 2.40. The van der Waals surface area contributed by atoms with E-state index in [4.69, 9.17) is 4.74 Å². The van der Waals surface area contributed by atoms with Gasteiger partial charge < -0.3 is 15.4 Å². The van der Waals surface area contributed by atoms with Crippen molar-refractivity contribution in [2.75, 3.05) is 19.7 Å². The zero-order valence-corrected chi connectivity index (χ0v) is 7.93. The minimum absolute atomic E-state index is 0.0344. The number of morpholine rings is 1. The molecule has 2 fully saturated rings. The summed E-state index contributed by atoms with van der Waals surface area (Å²) in [6.07, 6.45) is 1.91. The summed E-state index contributed by atoms with van der Waals surface area (Å²) >= 11 is 0. The van der Waals surface area contributed by atoms with E-state index in [0.717, 1.165) is 19.4 Å². The van der Waals surface area contributed by atoms with Crippen molar-refractivity contribution in [3.63, 3.8) is 0 Å². The third-order valence-corrected chi connectivity index (χ3v) is 2.65. The standard InChI is InChI=1S/C9H16N2O2/c1-9(2-3-9)11-8(12)7-6-10-4-5-13-7/h7,10H,2-6H2,1H3,(H,11,12). The molecular weight excluding hydrogens is 168 g/mol. The summed E-state index contributed by atoms with van der Waals surface area (Å²) in [4.78, 5) is 11.6. The second-order valence-electron chi connectivity index (χ2n) is 4.11. The summed E-state index contributed by atoms with van der Waals surface area (Å²) in [6.45, 7) is 4.19. The van der Waals surface area contributed by atoms with Gasteiger partial charge in [-0.25, -0.2) is 0 Å². The summed E-state index contributed by atoms with van der Waals surface area (Å²) in [6, 6.07) is 0. The summed E-state index contributed by atoms with van der Waals surface area (Å²) in [5.41, 5.74) is 0.0674. The summed E-state index contributed by atoms with van der Waals surface area (Å²) in [7, 11) is 0. The highest BCUT2D eigenvalue weighted by Crippen LogP contribution is 2.34. The topological polar surface area (TPSA) is 50.4 Å². The molecular formula is C9H16N2O2. The maximum Gasteiger partial charge on any atom is 0.250 e. The van der Waals surface area contributed by atoms with Gasteiger partial charge in [-0.2, -0.15) is 0 Å². The van der Waals surface area contributed by atoms with Gasteiger partial charge in [0.05, 0.1) is 6.61 Å². The Labute approximate surface area is 78.0 Å². The fourth-order valence-electron chi connectivity index (χ4n) is 1.42. The Hall–Kier alpha value is -0.610. The third kappa shape index (κ3) is 2.19. The second-order valence-corrected chi connectivity index (χ2v) is 4.11. The Morgan fingerprint density at radius 3 is 2.92 bits per heavy atom. The van der Waals surface area contributed by atoms with E-state index in [1.54, 1.807) is 0 Å². The van der Waals surface area contributed by atoms with Crippen LogP contribution in [0, 0.1) is 0 Å². The molecule has 1 saturated carbocycles. The molecule has 1 amide bonds. The largest absolute Gasteiger partial charge is 0.366 e. The average Bonchev–Trinajstić information content (AvgIpc) is 2.85. The average molecular weight is 184 g/mol. The third-order valence-electron chi connectivity index (χ3n) is 2.65. The molecule has 0 radical (unpaired) electrons. The number of carbonyl (C=O) groups is 1. The molecule has 1 aliphatic heterocycles. The molecule has 1 atom stereocenters. The van der Waals surface area contributed by atoms with Crippen LogP contribution in [-0.2, 0) is 9.53 Å². The van der Waals surface area contributed by atoms with Crippen LogP contribution in [0.3, 0.4) is 0 Å². The first kappa shape index (κ1) is 8.97. The van der Waals surface area contributed by atoms with E-state index in [2.05, 4.69) is 17.6 Å². The molecule has 1 heterocycles. The van der Waals surface area contributed by atoms with Crippen molar-refractivity contribution in [1.82, 2.24) is 10.6 Å². The van der Waals surface area contributed by atoms with Crippen LogP contribution in [0.5, 0.6) is 0 Å². The van der Waals surface area contributed by atoms with Crippen LogP contribution < -0.4 is 10.6 Å². The molecule has 0 aromatic heterocycles. The molecule has 1 aliphatic carbocycles. The zero-order valence-electron chi connectivity index (χ0n) is 7.93. The Morgan fingerprint density at radius 1 is 1.62 bits per heavy atom. The van der Waals surface area contributed by atoms with E-state index in [0.29, 0.717) is 13.2 Å². The molecule has 0 bridgehead atoms. The Morgan fingerprint density at radius 2 is 2.38 bits per heavy atom. The molecule has 4 nitrogen and oxygen atoms in total. The molecule has 2 aliphatic rings. The van der Waals surface area contributed by atoms with Crippen molar-refractivity contribution < 1.29 is 9.53 Å². The molecule has 1 saturated heterocycles. The predicted octanol–water partition coefficient (Wildman–Crippen LogP) is -0.357. The molecule has 1 unspecified atom stereocenters. The summed E-state index contributed by atoms with van der Waals surface area (Å²) in [5.74, 6) is 0.0344. The SMILES string of the molecule is CC1(NC(=O)C2CNCCO2)CC1. The first-order chi connectivity index (χ1) is 6.20. The van der Waals surface area contributed by atoms with E-state index in [1.165, 1.54) is 0 Å². The van der Waals surface area contributed by atoms with Crippen LogP contribution >= 0.6 is 0 Å². The fraction of sp³-hybridized carbons (Fsp3) is 0.889. The first-order valence-electron chi connectivity index (χ1n) is 4.84. The van der Waals surface area contributed by atoms with Gasteiger partial charge in [-0.1, -0.05) is 0 Å². The zero-order chi connectivity index (χ0) is 9.31. The Balaban J connectivity index is 1.81. The minimum Gasteiger partial charge on any atom is -0.366 e. The lowest BCUT2D eigenvalue weighted by molar-refractivity contribution is -0.135. The van der Waals surface area contributed by atoms with E-state index in [-0.39, 0.29) is 17.6 Å². The highest BCUT2D eigenvalue weighted by atomic mass is 16.5. The van der Waals surface area contributed by atoms with Gasteiger partial charge >= 0.3 is 0 Å². The molecule has 0 aromatic rings. The fourth-order valence-corrected chi connectivity index (χ4v) is 1.42. The minimum atomic E-state index is -0.286. The van der Waals surface area contributed by atoms with E-state index >= 15 is 0 Å². The number of hydrogen-bond acceptors (Lipinski definition) is 3. The van der Waals surface area contributed by atoms with Crippen molar-refractivity contribution in [3.05, 3.63) is 0 Å². The van der Waals surface area contributed by atoms with Crippen LogP contribution in [0.4, 0.5) is 0 Å². The van der Waals surface area contributed by atoms with Crippen LogP contribution in [0.15, 0.2) is 0 Å². The van der Waals surface area contributed by atoms with Crippen LogP contribution in [0.25, 0.3) is 0 Å². The van der Waals surface area contributed by atoms with Crippen molar-refractivity contribution in [3.8, 4) is 0 Å². The number of nitrogens with one attached hydrogen (secondary N) is 2. The molecule has 4 heteroatoms. The molecule has 13 heavy (non-hydrogen) atoms. The number of amides is 1. The Kier molecular flexibility index (Phi) is 2.26. The number of carbonyl (C=O) groups excluding carboxylic acids is 1. The van der Waals surface area contributed by atoms with Gasteiger partial charge in [-0.15, -0.1) is 0 Å². The van der Waals surface area contributed by atoms with Gasteiger partial charge in [-0.3, -0.25) is 4.79 Å². The van der Waals surface area contributed by atoms with Gasteiger partial charge in [0.2, 0.25) is 0 Å². The predicted molar refractivity (Wildman–Crippen MR) is 48.4 cm³/mol. The van der Waals surface area contributed by atoms with E-state index < -0.39 is 0 Å². The van der Waals surface area contributed by atoms with E-state index in [1.807, 2.05) is 0 Å². The lowest BCUT2D eigenvalue weighted by Crippen LogP contribution is -2.50. The molecule has 2 N–H and O–H groups in total. The van der Waals surface area contributed by atoms with Gasteiger partial charge in [-0.05, 0) is 19.8 Å². The smallest absolute Gasteiger partial charge is 0.250 e. The molecule has 2 rings (SSSR count). The number of rotatable bonds is 2. The number of hydrogen-bond donors (Lipinski definition) is 2. The highest BCUT2D eigenvalue weighted by molar-refractivity contribution is 5.82. The lowest BCUT2D eigenvalue weighted by atomic mass is 10.2. The van der Waals surface area contributed by atoms with Crippen molar-refractivity contribution in [2.45, 2.75) is 31.4 Å². The van der Waals surface area contributed by atoms with Gasteiger partial charge in [0.15, 0.2) is 0 Å². The first-order valence-corrected chi connectivity index (χ1v) is 4.84. The van der Waals surface area contributed by atoms with Crippen LogP contribution in [0.1, 0.15) is 19.8 Å². The van der Waals surface area contributed by atoms with Crippen LogP contribution in [-0.4, -0.2) is 37.2 Å². The lowest BCUT2D eigenvalue weighted by Gasteiger charge is -2.24. The quantitative estimate of drug-likeness (QED) is 0.616. The van der Waals surface area contributed by atoms with Gasteiger partial charge in [0.1, 0.15) is 6.10 Å². The van der Waals surface area contributed by atoms with Crippen molar-refractivity contribution in [2.24, 2.45) is 0 Å². The van der Waals surface area contributed by atoms with Gasteiger partial charge in [0.25, 0.3) is 5.91 Å². The summed E-state index contributed by atoms with van der Waals surface area (Å²) in [5, 5.41) is 6.13. The molecule has 0 spiro atoms. The molecule has 0 aromatic carbocycles. The second kappa shape index (κ2) is 3.27. The monoisotopic (exact) mass is 184 g/mol. The molecule has 74 valence electrons. The van der Waals surface area contributed by atoms with E-state index in [9.17, 15) is 4.79 Å². The maximum absolute atomic E-state index is 11.6. The maximum atomic E-state index is 11.6.